The third-order valence-electron chi connectivity index (χ3n) is 2.69. The molecular formula is C17H13IrN2O3-. The number of rotatable bonds is 2. The molecule has 0 aliphatic rings. The number of hydrogen-bond donors (Lipinski definition) is 1. The second kappa shape index (κ2) is 9.46. The maximum atomic E-state index is 11.3. The molecule has 0 aliphatic heterocycles. The van der Waals surface area contributed by atoms with Gasteiger partial charge in [-0.15, -0.1) is 30.3 Å². The van der Waals surface area contributed by atoms with Gasteiger partial charge in [0.2, 0.25) is 0 Å². The summed E-state index contributed by atoms with van der Waals surface area (Å²) in [5.41, 5.74) is 1.53. The zero-order valence-electron chi connectivity index (χ0n) is 11.9. The first-order chi connectivity index (χ1) is 10.7. The summed E-state index contributed by atoms with van der Waals surface area (Å²) < 4.78 is 0.839. The number of carbonyl (C=O) groups is 1. The number of carboxylic acid groups (broad SMARTS) is 1. The molecule has 0 aliphatic carbocycles. The summed E-state index contributed by atoms with van der Waals surface area (Å²) in [4.78, 5) is 13.7. The SMILES string of the molecule is O=C(O)c1ccccn1.[Ir].[O-][n+]1ccccc1-c1[c-]cccc1. The van der Waals surface area contributed by atoms with E-state index in [4.69, 9.17) is 5.11 Å². The average Bonchev–Trinajstić information content (AvgIpc) is 2.57. The van der Waals surface area contributed by atoms with E-state index in [-0.39, 0.29) is 25.8 Å². The molecule has 0 unspecified atom stereocenters. The molecule has 1 N–H and O–H groups in total. The normalized spacial score (nSPS) is 9.04. The molecule has 6 heteroatoms. The van der Waals surface area contributed by atoms with E-state index in [0.29, 0.717) is 5.69 Å². The van der Waals surface area contributed by atoms with Gasteiger partial charge in [-0.3, -0.25) is 0 Å². The van der Waals surface area contributed by atoms with E-state index in [9.17, 15) is 10.0 Å². The van der Waals surface area contributed by atoms with Crippen molar-refractivity contribution in [1.82, 2.24) is 4.98 Å². The minimum Gasteiger partial charge on any atom is -0.627 e. The third-order valence-corrected chi connectivity index (χ3v) is 2.69. The van der Waals surface area contributed by atoms with E-state index in [2.05, 4.69) is 11.1 Å². The van der Waals surface area contributed by atoms with E-state index < -0.39 is 5.97 Å². The summed E-state index contributed by atoms with van der Waals surface area (Å²) in [6.45, 7) is 0. The molecule has 0 amide bonds. The van der Waals surface area contributed by atoms with E-state index in [1.54, 1.807) is 30.3 Å². The van der Waals surface area contributed by atoms with Gasteiger partial charge in [-0.1, -0.05) is 17.7 Å². The molecule has 119 valence electrons. The van der Waals surface area contributed by atoms with Crippen LogP contribution in [0.1, 0.15) is 10.5 Å². The zero-order valence-corrected chi connectivity index (χ0v) is 14.3. The number of pyridine rings is 2. The molecule has 0 saturated carbocycles. The van der Waals surface area contributed by atoms with Crippen molar-refractivity contribution in [3.8, 4) is 11.3 Å². The van der Waals surface area contributed by atoms with Crippen molar-refractivity contribution in [2.45, 2.75) is 0 Å². The number of benzene rings is 1. The minimum absolute atomic E-state index is 0. The van der Waals surface area contributed by atoms with Crippen LogP contribution in [0.4, 0.5) is 0 Å². The first-order valence-electron chi connectivity index (χ1n) is 6.48. The third kappa shape index (κ3) is 5.62. The van der Waals surface area contributed by atoms with Crippen LogP contribution in [0.5, 0.6) is 0 Å². The first kappa shape index (κ1) is 18.5. The van der Waals surface area contributed by atoms with Crippen LogP contribution in [-0.4, -0.2) is 16.1 Å². The molecule has 0 atom stereocenters. The molecule has 0 saturated heterocycles. The Bertz CT molecular complexity index is 737. The van der Waals surface area contributed by atoms with Gasteiger partial charge in [-0.25, -0.2) is 14.5 Å². The van der Waals surface area contributed by atoms with Gasteiger partial charge in [0.05, 0.1) is 0 Å². The van der Waals surface area contributed by atoms with Gasteiger partial charge in [0.15, 0.2) is 6.20 Å². The van der Waals surface area contributed by atoms with E-state index >= 15 is 0 Å². The minimum atomic E-state index is -0.990. The fourth-order valence-electron chi connectivity index (χ4n) is 1.68. The summed E-state index contributed by atoms with van der Waals surface area (Å²) in [5.74, 6) is -0.990. The molecule has 0 bridgehead atoms. The molecule has 0 fully saturated rings. The Morgan fingerprint density at radius 3 is 2.35 bits per heavy atom. The molecule has 23 heavy (non-hydrogen) atoms. The quantitative estimate of drug-likeness (QED) is 0.344. The van der Waals surface area contributed by atoms with Gasteiger partial charge in [0.1, 0.15) is 11.4 Å². The van der Waals surface area contributed by atoms with Crippen molar-refractivity contribution >= 4 is 5.97 Å². The van der Waals surface area contributed by atoms with Gasteiger partial charge in [0.25, 0.3) is 0 Å². The molecule has 5 nitrogen and oxygen atoms in total. The predicted octanol–water partition coefficient (Wildman–Crippen LogP) is 2.56. The number of aromatic nitrogens is 2. The topological polar surface area (TPSA) is 77.1 Å². The Balaban J connectivity index is 0.000000235. The fourth-order valence-corrected chi connectivity index (χ4v) is 1.68. The standard InChI is InChI=1S/C11H8NO.C6H5NO2.Ir/c13-12-9-5-4-8-11(12)10-6-2-1-3-7-10;8-6(9)5-3-1-2-4-7-5;/h1-6,8-9H;1-4H,(H,8,9);/q-1;;. The molecule has 1 radical (unpaired) electrons. The summed E-state index contributed by atoms with van der Waals surface area (Å²) in [7, 11) is 0. The van der Waals surface area contributed by atoms with Crippen LogP contribution >= 0.6 is 0 Å². The van der Waals surface area contributed by atoms with Crippen LogP contribution in [0.25, 0.3) is 11.3 Å². The average molecular weight is 486 g/mol. The second-order valence-corrected chi connectivity index (χ2v) is 4.21. The molecule has 0 spiro atoms. The Morgan fingerprint density at radius 1 is 1.09 bits per heavy atom. The van der Waals surface area contributed by atoms with Crippen LogP contribution in [0, 0.1) is 11.3 Å². The number of hydrogen-bond acceptors (Lipinski definition) is 3. The van der Waals surface area contributed by atoms with E-state index in [0.717, 1.165) is 10.3 Å². The van der Waals surface area contributed by atoms with Crippen molar-refractivity contribution in [3.05, 3.63) is 90.0 Å². The number of aromatic carboxylic acids is 1. The molecule has 2 aromatic heterocycles. The number of carboxylic acids is 1. The smallest absolute Gasteiger partial charge is 0.354 e. The Hall–Kier alpha value is -2.56. The first-order valence-corrected chi connectivity index (χ1v) is 6.48. The van der Waals surface area contributed by atoms with Crippen molar-refractivity contribution in [3.63, 3.8) is 0 Å². The monoisotopic (exact) mass is 486 g/mol. The Labute approximate surface area is 147 Å². The predicted molar refractivity (Wildman–Crippen MR) is 80.9 cm³/mol. The van der Waals surface area contributed by atoms with Crippen LogP contribution in [0.3, 0.4) is 0 Å². The molecule has 3 rings (SSSR count). The van der Waals surface area contributed by atoms with Gasteiger partial charge in [-0.2, -0.15) is 0 Å². The molecule has 3 aromatic rings. The summed E-state index contributed by atoms with van der Waals surface area (Å²) >= 11 is 0. The summed E-state index contributed by atoms with van der Waals surface area (Å²) in [6.07, 6.45) is 2.93. The van der Waals surface area contributed by atoms with Crippen molar-refractivity contribution in [1.29, 1.82) is 0 Å². The van der Waals surface area contributed by atoms with E-state index in [1.807, 2.05) is 24.3 Å². The molecule has 2 heterocycles. The maximum absolute atomic E-state index is 11.3. The van der Waals surface area contributed by atoms with Crippen LogP contribution in [0.15, 0.2) is 73.1 Å². The van der Waals surface area contributed by atoms with Crippen molar-refractivity contribution in [2.75, 3.05) is 0 Å². The van der Waals surface area contributed by atoms with Crippen LogP contribution < -0.4 is 4.73 Å². The van der Waals surface area contributed by atoms with Gasteiger partial charge in [0, 0.05) is 32.4 Å². The summed E-state index contributed by atoms with van der Waals surface area (Å²) in [5, 5.41) is 19.6. The van der Waals surface area contributed by atoms with E-state index in [1.165, 1.54) is 18.5 Å². The van der Waals surface area contributed by atoms with Crippen LogP contribution in [0.2, 0.25) is 0 Å². The summed E-state index contributed by atoms with van der Waals surface area (Å²) in [6, 6.07) is 20.5. The van der Waals surface area contributed by atoms with Crippen molar-refractivity contribution < 1.29 is 34.7 Å². The fraction of sp³-hybridized carbons (Fsp3) is 0. The second-order valence-electron chi connectivity index (χ2n) is 4.21. The van der Waals surface area contributed by atoms with Crippen LogP contribution in [-0.2, 0) is 20.1 Å². The van der Waals surface area contributed by atoms with Gasteiger partial charge in [-0.05, 0) is 18.2 Å². The van der Waals surface area contributed by atoms with Gasteiger partial charge >= 0.3 is 5.97 Å². The molecular weight excluding hydrogens is 472 g/mol. The Morgan fingerprint density at radius 2 is 1.83 bits per heavy atom. The zero-order chi connectivity index (χ0) is 15.8. The van der Waals surface area contributed by atoms with Gasteiger partial charge < -0.3 is 10.3 Å². The maximum Gasteiger partial charge on any atom is 0.354 e. The largest absolute Gasteiger partial charge is 0.627 e. The Kier molecular flexibility index (Phi) is 7.60. The van der Waals surface area contributed by atoms with Crippen molar-refractivity contribution in [2.24, 2.45) is 0 Å². The number of nitrogens with zero attached hydrogens (tertiary/aromatic N) is 2. The molecule has 1 aromatic carbocycles.